The Morgan fingerprint density at radius 2 is 2.06 bits per heavy atom. The highest BCUT2D eigenvalue weighted by Crippen LogP contribution is 2.28. The molecular formula is C13H17N3S. The van der Waals surface area contributed by atoms with Gasteiger partial charge in [-0.05, 0) is 38.9 Å². The van der Waals surface area contributed by atoms with Crippen LogP contribution in [0.25, 0.3) is 10.7 Å². The first kappa shape index (κ1) is 12.2. The van der Waals surface area contributed by atoms with E-state index in [0.717, 1.165) is 22.9 Å². The number of aryl methyl sites for hydroxylation is 3. The van der Waals surface area contributed by atoms with E-state index in [1.807, 2.05) is 13.2 Å². The first-order valence-corrected chi connectivity index (χ1v) is 6.48. The Balaban J connectivity index is 2.42. The second kappa shape index (κ2) is 4.94. The van der Waals surface area contributed by atoms with E-state index < -0.39 is 0 Å². The molecule has 4 heteroatoms. The minimum Gasteiger partial charge on any atom is -0.315 e. The van der Waals surface area contributed by atoms with Crippen LogP contribution < -0.4 is 5.32 Å². The maximum absolute atomic E-state index is 4.61. The van der Waals surface area contributed by atoms with Gasteiger partial charge in [-0.1, -0.05) is 6.07 Å². The zero-order valence-electron chi connectivity index (χ0n) is 10.7. The molecule has 0 aromatic carbocycles. The Morgan fingerprint density at radius 1 is 1.29 bits per heavy atom. The zero-order chi connectivity index (χ0) is 12.4. The van der Waals surface area contributed by atoms with E-state index in [1.165, 1.54) is 16.0 Å². The summed E-state index contributed by atoms with van der Waals surface area (Å²) >= 11 is 1.72. The number of aromatic nitrogens is 2. The summed E-state index contributed by atoms with van der Waals surface area (Å²) < 4.78 is 0. The molecule has 0 spiro atoms. The van der Waals surface area contributed by atoms with Crippen molar-refractivity contribution in [2.75, 3.05) is 7.05 Å². The molecule has 0 aliphatic carbocycles. The molecule has 2 rings (SSSR count). The summed E-state index contributed by atoms with van der Waals surface area (Å²) in [4.78, 5) is 10.4. The lowest BCUT2D eigenvalue weighted by Gasteiger charge is -2.01. The Kier molecular flexibility index (Phi) is 3.54. The van der Waals surface area contributed by atoms with E-state index in [2.05, 4.69) is 42.1 Å². The topological polar surface area (TPSA) is 37.8 Å². The molecule has 0 saturated heterocycles. The largest absolute Gasteiger partial charge is 0.315 e. The monoisotopic (exact) mass is 247 g/mol. The highest BCUT2D eigenvalue weighted by Gasteiger charge is 2.11. The van der Waals surface area contributed by atoms with Gasteiger partial charge < -0.3 is 5.32 Å². The van der Waals surface area contributed by atoms with E-state index in [9.17, 15) is 0 Å². The fourth-order valence-corrected chi connectivity index (χ4v) is 2.93. The lowest BCUT2D eigenvalue weighted by Crippen LogP contribution is -2.04. The number of pyridine rings is 1. The van der Waals surface area contributed by atoms with Crippen LogP contribution in [0.3, 0.4) is 0 Å². The van der Waals surface area contributed by atoms with Crippen LogP contribution in [-0.4, -0.2) is 17.0 Å². The molecular weight excluding hydrogens is 230 g/mol. The molecule has 2 heterocycles. The van der Waals surface area contributed by atoms with Crippen molar-refractivity contribution in [1.82, 2.24) is 15.3 Å². The SMILES string of the molecule is CNCc1sc(-c2ncc(C)cc2C)nc1C. The number of thiazole rings is 1. The summed E-state index contributed by atoms with van der Waals surface area (Å²) in [5, 5.41) is 4.18. The molecule has 1 N–H and O–H groups in total. The van der Waals surface area contributed by atoms with Gasteiger partial charge in [0.2, 0.25) is 0 Å². The third kappa shape index (κ3) is 2.53. The number of hydrogen-bond donors (Lipinski definition) is 1. The van der Waals surface area contributed by atoms with E-state index in [0.29, 0.717) is 0 Å². The average Bonchev–Trinajstić information content (AvgIpc) is 2.60. The van der Waals surface area contributed by atoms with Gasteiger partial charge in [-0.2, -0.15) is 0 Å². The van der Waals surface area contributed by atoms with Gasteiger partial charge in [-0.25, -0.2) is 4.98 Å². The summed E-state index contributed by atoms with van der Waals surface area (Å²) in [6, 6.07) is 2.15. The molecule has 0 amide bonds. The van der Waals surface area contributed by atoms with Crippen molar-refractivity contribution in [2.45, 2.75) is 27.3 Å². The van der Waals surface area contributed by atoms with Crippen LogP contribution in [0, 0.1) is 20.8 Å². The fraction of sp³-hybridized carbons (Fsp3) is 0.385. The van der Waals surface area contributed by atoms with Crippen molar-refractivity contribution < 1.29 is 0 Å². The molecule has 90 valence electrons. The molecule has 0 bridgehead atoms. The van der Waals surface area contributed by atoms with Crippen LogP contribution in [0.15, 0.2) is 12.3 Å². The van der Waals surface area contributed by atoms with Gasteiger partial charge >= 0.3 is 0 Å². The fourth-order valence-electron chi connectivity index (χ4n) is 1.79. The summed E-state index contributed by atoms with van der Waals surface area (Å²) in [7, 11) is 1.95. The standard InChI is InChI=1S/C13H17N3S/c1-8-5-9(2)12(15-6-8)13-16-10(3)11(17-13)7-14-4/h5-6,14H,7H2,1-4H3. The van der Waals surface area contributed by atoms with E-state index in [1.54, 1.807) is 11.3 Å². The average molecular weight is 247 g/mol. The molecule has 0 atom stereocenters. The van der Waals surface area contributed by atoms with Gasteiger partial charge in [-0.15, -0.1) is 11.3 Å². The van der Waals surface area contributed by atoms with Crippen molar-refractivity contribution in [1.29, 1.82) is 0 Å². The van der Waals surface area contributed by atoms with Gasteiger partial charge in [0.25, 0.3) is 0 Å². The maximum Gasteiger partial charge on any atom is 0.142 e. The zero-order valence-corrected chi connectivity index (χ0v) is 11.5. The Hall–Kier alpha value is -1.26. The molecule has 2 aromatic heterocycles. The Morgan fingerprint density at radius 3 is 2.71 bits per heavy atom. The minimum absolute atomic E-state index is 0.869. The summed E-state index contributed by atoms with van der Waals surface area (Å²) in [5.41, 5.74) is 4.48. The molecule has 0 aliphatic heterocycles. The lowest BCUT2D eigenvalue weighted by atomic mass is 10.2. The highest BCUT2D eigenvalue weighted by molar-refractivity contribution is 7.15. The van der Waals surface area contributed by atoms with Gasteiger partial charge in [0, 0.05) is 17.6 Å². The van der Waals surface area contributed by atoms with Crippen molar-refractivity contribution in [3.05, 3.63) is 34.0 Å². The highest BCUT2D eigenvalue weighted by atomic mass is 32.1. The number of nitrogens with zero attached hydrogens (tertiary/aromatic N) is 2. The number of rotatable bonds is 3. The maximum atomic E-state index is 4.61. The van der Waals surface area contributed by atoms with Gasteiger partial charge in [-0.3, -0.25) is 4.98 Å². The third-order valence-corrected chi connectivity index (χ3v) is 3.81. The minimum atomic E-state index is 0.869. The summed E-state index contributed by atoms with van der Waals surface area (Å²) in [6.07, 6.45) is 1.90. The van der Waals surface area contributed by atoms with Crippen molar-refractivity contribution in [3.8, 4) is 10.7 Å². The van der Waals surface area contributed by atoms with Crippen LogP contribution in [0.2, 0.25) is 0 Å². The normalized spacial score (nSPS) is 10.8. The van der Waals surface area contributed by atoms with Crippen LogP contribution in [0.4, 0.5) is 0 Å². The predicted octanol–water partition coefficient (Wildman–Crippen LogP) is 2.85. The summed E-state index contributed by atoms with van der Waals surface area (Å²) in [5.74, 6) is 0. The first-order valence-electron chi connectivity index (χ1n) is 5.66. The molecule has 3 nitrogen and oxygen atoms in total. The van der Waals surface area contributed by atoms with Gasteiger partial charge in [0.15, 0.2) is 0 Å². The molecule has 0 saturated carbocycles. The first-order chi connectivity index (χ1) is 8.11. The quantitative estimate of drug-likeness (QED) is 0.906. The van der Waals surface area contributed by atoms with E-state index in [-0.39, 0.29) is 0 Å². The van der Waals surface area contributed by atoms with Crippen molar-refractivity contribution in [3.63, 3.8) is 0 Å². The van der Waals surface area contributed by atoms with E-state index >= 15 is 0 Å². The smallest absolute Gasteiger partial charge is 0.142 e. The lowest BCUT2D eigenvalue weighted by molar-refractivity contribution is 0.823. The van der Waals surface area contributed by atoms with Crippen LogP contribution in [0.1, 0.15) is 21.7 Å². The summed E-state index contributed by atoms with van der Waals surface area (Å²) in [6.45, 7) is 7.07. The molecule has 2 aromatic rings. The van der Waals surface area contributed by atoms with Crippen LogP contribution in [-0.2, 0) is 6.54 Å². The Bertz CT molecular complexity index is 531. The molecule has 0 fully saturated rings. The van der Waals surface area contributed by atoms with Gasteiger partial charge in [0.1, 0.15) is 10.7 Å². The third-order valence-electron chi connectivity index (χ3n) is 2.65. The Labute approximate surface area is 106 Å². The van der Waals surface area contributed by atoms with Crippen LogP contribution >= 0.6 is 11.3 Å². The predicted molar refractivity (Wildman–Crippen MR) is 72.3 cm³/mol. The van der Waals surface area contributed by atoms with Crippen molar-refractivity contribution >= 4 is 11.3 Å². The molecule has 0 aliphatic rings. The number of nitrogens with one attached hydrogen (secondary N) is 1. The molecule has 0 unspecified atom stereocenters. The van der Waals surface area contributed by atoms with Crippen molar-refractivity contribution in [2.24, 2.45) is 0 Å². The molecule has 17 heavy (non-hydrogen) atoms. The molecule has 0 radical (unpaired) electrons. The van der Waals surface area contributed by atoms with Gasteiger partial charge in [0.05, 0.1) is 5.69 Å². The van der Waals surface area contributed by atoms with Crippen LogP contribution in [0.5, 0.6) is 0 Å². The second-order valence-corrected chi connectivity index (χ2v) is 5.32. The second-order valence-electron chi connectivity index (χ2n) is 4.24. The number of hydrogen-bond acceptors (Lipinski definition) is 4. The van der Waals surface area contributed by atoms with E-state index in [4.69, 9.17) is 0 Å².